The van der Waals surface area contributed by atoms with Crippen molar-refractivity contribution in [2.24, 2.45) is 0 Å². The molecule has 0 bridgehead atoms. The summed E-state index contributed by atoms with van der Waals surface area (Å²) in [6.45, 7) is 8.65. The van der Waals surface area contributed by atoms with Crippen LogP contribution in [0.2, 0.25) is 0 Å². The first-order valence-electron chi connectivity index (χ1n) is 13.9. The van der Waals surface area contributed by atoms with E-state index in [0.717, 1.165) is 33.1 Å². The highest BCUT2D eigenvalue weighted by atomic mass is 19.1. The number of fused-ring (bicyclic) bond motifs is 3. The number of hydrogen-bond donors (Lipinski definition) is 0. The van der Waals surface area contributed by atoms with Gasteiger partial charge in [0.25, 0.3) is 0 Å². The number of nitrogens with zero attached hydrogens (tertiary/aromatic N) is 4. The number of pyridine rings is 1. The van der Waals surface area contributed by atoms with Crippen molar-refractivity contribution in [2.45, 2.75) is 27.7 Å². The minimum atomic E-state index is -0.334. The summed E-state index contributed by atoms with van der Waals surface area (Å²) in [5, 5.41) is 6.80. The largest absolute Gasteiger partial charge is 0.457 e. The zero-order chi connectivity index (χ0) is 29.0. The van der Waals surface area contributed by atoms with Gasteiger partial charge >= 0.3 is 0 Å². The van der Waals surface area contributed by atoms with Gasteiger partial charge in [0, 0.05) is 46.9 Å². The van der Waals surface area contributed by atoms with E-state index in [2.05, 4.69) is 51.0 Å². The van der Waals surface area contributed by atoms with Crippen LogP contribution in [-0.2, 0) is 0 Å². The van der Waals surface area contributed by atoms with Crippen LogP contribution in [0.5, 0.6) is 11.5 Å². The molecule has 0 amide bonds. The van der Waals surface area contributed by atoms with Crippen molar-refractivity contribution in [3.8, 4) is 34.1 Å². The summed E-state index contributed by atoms with van der Waals surface area (Å²) in [4.78, 5) is 4.46. The van der Waals surface area contributed by atoms with Gasteiger partial charge in [0.2, 0.25) is 0 Å². The number of benzene rings is 4. The summed E-state index contributed by atoms with van der Waals surface area (Å²) < 4.78 is 24.4. The van der Waals surface area contributed by atoms with Crippen molar-refractivity contribution in [3.05, 3.63) is 132 Å². The van der Waals surface area contributed by atoms with Crippen LogP contribution in [0.15, 0.2) is 104 Å². The highest BCUT2D eigenvalue weighted by Crippen LogP contribution is 2.36. The highest BCUT2D eigenvalue weighted by molar-refractivity contribution is 6.09. The second kappa shape index (κ2) is 10.00. The van der Waals surface area contributed by atoms with E-state index < -0.39 is 0 Å². The third kappa shape index (κ3) is 4.32. The Kier molecular flexibility index (Phi) is 6.12. The SMILES string of the molecule is Cc1cc(C)c(C)c(-c2cnn(-c3cccc(Oc4ccc5c6ccccc6n(-c6cc(F)ccn6)c5c4)c3)c2)c1C. The summed E-state index contributed by atoms with van der Waals surface area (Å²) in [6.07, 6.45) is 5.49. The summed E-state index contributed by atoms with van der Waals surface area (Å²) in [5.41, 5.74) is 10.2. The van der Waals surface area contributed by atoms with Crippen LogP contribution in [0, 0.1) is 33.5 Å². The third-order valence-corrected chi connectivity index (χ3v) is 8.14. The fourth-order valence-electron chi connectivity index (χ4n) is 5.85. The fourth-order valence-corrected chi connectivity index (χ4v) is 5.85. The van der Waals surface area contributed by atoms with E-state index in [1.807, 2.05) is 76.1 Å². The van der Waals surface area contributed by atoms with Crippen LogP contribution in [0.1, 0.15) is 22.3 Å². The Labute approximate surface area is 243 Å². The minimum Gasteiger partial charge on any atom is -0.457 e. The number of hydrogen-bond acceptors (Lipinski definition) is 3. The molecule has 0 atom stereocenters. The van der Waals surface area contributed by atoms with E-state index in [0.29, 0.717) is 17.3 Å². The lowest BCUT2D eigenvalue weighted by atomic mass is 9.91. The number of aromatic nitrogens is 4. The average Bonchev–Trinajstić information content (AvgIpc) is 3.60. The predicted molar refractivity (Wildman–Crippen MR) is 167 cm³/mol. The molecule has 0 aliphatic rings. The molecule has 0 aliphatic heterocycles. The first kappa shape index (κ1) is 25.7. The molecule has 0 N–H and O–H groups in total. The van der Waals surface area contributed by atoms with Crippen molar-refractivity contribution in [1.82, 2.24) is 19.3 Å². The molecule has 4 aromatic carbocycles. The van der Waals surface area contributed by atoms with Gasteiger partial charge in [-0.15, -0.1) is 0 Å². The number of rotatable bonds is 5. The Morgan fingerprint density at radius 1 is 0.714 bits per heavy atom. The van der Waals surface area contributed by atoms with Crippen molar-refractivity contribution < 1.29 is 9.13 Å². The lowest BCUT2D eigenvalue weighted by Crippen LogP contribution is -1.98. The Morgan fingerprint density at radius 3 is 2.29 bits per heavy atom. The van der Waals surface area contributed by atoms with E-state index >= 15 is 0 Å². The molecule has 3 heterocycles. The molecule has 0 radical (unpaired) electrons. The maximum atomic E-state index is 14.2. The molecule has 6 heteroatoms. The van der Waals surface area contributed by atoms with Gasteiger partial charge in [0.1, 0.15) is 23.1 Å². The second-order valence-electron chi connectivity index (χ2n) is 10.8. The molecule has 0 aliphatic carbocycles. The number of ether oxygens (including phenoxy) is 1. The Hall–Kier alpha value is -5.23. The Bertz CT molecular complexity index is 2110. The van der Waals surface area contributed by atoms with E-state index in [4.69, 9.17) is 9.84 Å². The second-order valence-corrected chi connectivity index (χ2v) is 10.8. The minimum absolute atomic E-state index is 0.334. The van der Waals surface area contributed by atoms with Crippen LogP contribution in [-0.4, -0.2) is 19.3 Å². The van der Waals surface area contributed by atoms with Crippen LogP contribution < -0.4 is 4.74 Å². The molecule has 0 spiro atoms. The summed E-state index contributed by atoms with van der Waals surface area (Å²) in [5.74, 6) is 1.54. The lowest BCUT2D eigenvalue weighted by molar-refractivity contribution is 0.483. The normalized spacial score (nSPS) is 11.5. The highest BCUT2D eigenvalue weighted by Gasteiger charge is 2.16. The molecule has 7 rings (SSSR count). The molecule has 7 aromatic rings. The standard InChI is InChI=1S/C36H29FN4O/c1-22-16-23(2)25(4)36(24(22)3)26-20-39-40(21-26)28-8-7-9-29(18-28)42-30-12-13-32-31-10-5-6-11-33(31)41(34(32)19-30)35-17-27(37)14-15-38-35/h5-21H,1-4H3. The average molecular weight is 553 g/mol. The van der Waals surface area contributed by atoms with Crippen molar-refractivity contribution in [3.63, 3.8) is 0 Å². The van der Waals surface area contributed by atoms with Gasteiger partial charge < -0.3 is 4.74 Å². The van der Waals surface area contributed by atoms with Gasteiger partial charge in [-0.05, 0) is 91.9 Å². The van der Waals surface area contributed by atoms with Gasteiger partial charge in [-0.2, -0.15) is 5.10 Å². The molecular formula is C36H29FN4O. The summed E-state index contributed by atoms with van der Waals surface area (Å²) in [7, 11) is 0. The van der Waals surface area contributed by atoms with Crippen molar-refractivity contribution in [1.29, 1.82) is 0 Å². The Balaban J connectivity index is 1.25. The topological polar surface area (TPSA) is 44.9 Å². The van der Waals surface area contributed by atoms with Crippen LogP contribution in [0.25, 0.3) is 44.4 Å². The molecule has 42 heavy (non-hydrogen) atoms. The fraction of sp³-hybridized carbons (Fsp3) is 0.111. The maximum Gasteiger partial charge on any atom is 0.140 e. The van der Waals surface area contributed by atoms with E-state index in [1.54, 1.807) is 0 Å². The number of halogens is 1. The van der Waals surface area contributed by atoms with E-state index in [1.165, 1.54) is 46.1 Å². The number of aryl methyl sites for hydroxylation is 2. The first-order chi connectivity index (χ1) is 20.4. The lowest BCUT2D eigenvalue weighted by Gasteiger charge is -2.14. The molecule has 206 valence electrons. The van der Waals surface area contributed by atoms with Gasteiger partial charge in [0.15, 0.2) is 0 Å². The van der Waals surface area contributed by atoms with Crippen molar-refractivity contribution >= 4 is 21.8 Å². The smallest absolute Gasteiger partial charge is 0.140 e. The third-order valence-electron chi connectivity index (χ3n) is 8.14. The first-order valence-corrected chi connectivity index (χ1v) is 13.9. The predicted octanol–water partition coefficient (Wildman–Crippen LogP) is 9.20. The molecule has 0 saturated heterocycles. The zero-order valence-corrected chi connectivity index (χ0v) is 23.9. The Morgan fingerprint density at radius 2 is 1.48 bits per heavy atom. The molecule has 5 nitrogen and oxygen atoms in total. The molecule has 0 fully saturated rings. The maximum absolute atomic E-state index is 14.2. The van der Waals surface area contributed by atoms with E-state index in [-0.39, 0.29) is 5.82 Å². The molecule has 3 aromatic heterocycles. The monoisotopic (exact) mass is 552 g/mol. The zero-order valence-electron chi connectivity index (χ0n) is 23.9. The van der Waals surface area contributed by atoms with Gasteiger partial charge in [-0.25, -0.2) is 14.1 Å². The van der Waals surface area contributed by atoms with Crippen molar-refractivity contribution in [2.75, 3.05) is 0 Å². The van der Waals surface area contributed by atoms with Crippen LogP contribution in [0.3, 0.4) is 0 Å². The quantitative estimate of drug-likeness (QED) is 0.214. The molecule has 0 unspecified atom stereocenters. The molecule has 0 saturated carbocycles. The molecular weight excluding hydrogens is 523 g/mol. The van der Waals surface area contributed by atoms with E-state index in [9.17, 15) is 4.39 Å². The van der Waals surface area contributed by atoms with Crippen LogP contribution >= 0.6 is 0 Å². The van der Waals surface area contributed by atoms with Gasteiger partial charge in [-0.1, -0.05) is 30.3 Å². The summed E-state index contributed by atoms with van der Waals surface area (Å²) >= 11 is 0. The van der Waals surface area contributed by atoms with Gasteiger partial charge in [-0.3, -0.25) is 4.57 Å². The van der Waals surface area contributed by atoms with Crippen LogP contribution in [0.4, 0.5) is 4.39 Å². The summed E-state index contributed by atoms with van der Waals surface area (Å²) in [6, 6.07) is 27.0. The van der Waals surface area contributed by atoms with Gasteiger partial charge in [0.05, 0.1) is 22.9 Å². The number of para-hydroxylation sites is 1.